The standard InChI is InChI=1S/C16H18N4O/c1-3-20-16(14(21-2)10-19-20)15(17)12-8-9-18-13-7-5-4-6-11(12)13/h4-10,15H,3,17H2,1-2H3. The summed E-state index contributed by atoms with van der Waals surface area (Å²) in [6.45, 7) is 2.78. The number of nitrogens with two attached hydrogens (primary N) is 1. The second kappa shape index (κ2) is 5.54. The number of hydrogen-bond donors (Lipinski definition) is 1. The molecule has 0 saturated carbocycles. The highest BCUT2D eigenvalue weighted by molar-refractivity contribution is 5.82. The Morgan fingerprint density at radius 1 is 1.29 bits per heavy atom. The van der Waals surface area contributed by atoms with Crippen molar-refractivity contribution in [2.45, 2.75) is 19.5 Å². The van der Waals surface area contributed by atoms with Crippen molar-refractivity contribution >= 4 is 10.9 Å². The highest BCUT2D eigenvalue weighted by Gasteiger charge is 2.21. The maximum atomic E-state index is 6.51. The maximum absolute atomic E-state index is 6.51. The molecule has 5 nitrogen and oxygen atoms in total. The number of methoxy groups -OCH3 is 1. The van der Waals surface area contributed by atoms with Crippen LogP contribution in [0.25, 0.3) is 10.9 Å². The van der Waals surface area contributed by atoms with Gasteiger partial charge in [0, 0.05) is 18.1 Å². The molecule has 1 atom stereocenters. The number of rotatable bonds is 4. The summed E-state index contributed by atoms with van der Waals surface area (Å²) in [4.78, 5) is 4.38. The van der Waals surface area contributed by atoms with Crippen molar-refractivity contribution in [3.05, 3.63) is 54.0 Å². The van der Waals surface area contributed by atoms with Gasteiger partial charge in [0.15, 0.2) is 5.75 Å². The average Bonchev–Trinajstić information content (AvgIpc) is 2.96. The lowest BCUT2D eigenvalue weighted by atomic mass is 10.00. The maximum Gasteiger partial charge on any atom is 0.161 e. The number of nitrogens with zero attached hydrogens (tertiary/aromatic N) is 3. The molecule has 5 heteroatoms. The average molecular weight is 282 g/mol. The van der Waals surface area contributed by atoms with Gasteiger partial charge in [-0.1, -0.05) is 18.2 Å². The number of aromatic nitrogens is 3. The zero-order chi connectivity index (χ0) is 14.8. The number of ether oxygens (including phenoxy) is 1. The van der Waals surface area contributed by atoms with Gasteiger partial charge >= 0.3 is 0 Å². The Bertz CT molecular complexity index is 739. The molecular formula is C16H18N4O. The van der Waals surface area contributed by atoms with Crippen molar-refractivity contribution in [2.24, 2.45) is 5.73 Å². The highest BCUT2D eigenvalue weighted by Crippen LogP contribution is 2.31. The number of hydrogen-bond acceptors (Lipinski definition) is 4. The van der Waals surface area contributed by atoms with Gasteiger partial charge in [-0.2, -0.15) is 5.10 Å². The summed E-state index contributed by atoms with van der Waals surface area (Å²) in [6, 6.07) is 9.64. The fourth-order valence-corrected chi connectivity index (χ4v) is 2.64. The Hall–Kier alpha value is -2.40. The van der Waals surface area contributed by atoms with Crippen LogP contribution in [0.5, 0.6) is 5.75 Å². The molecule has 3 rings (SSSR count). The van der Waals surface area contributed by atoms with Crippen molar-refractivity contribution in [3.8, 4) is 5.75 Å². The van der Waals surface area contributed by atoms with Crippen molar-refractivity contribution < 1.29 is 4.74 Å². The van der Waals surface area contributed by atoms with Gasteiger partial charge in [0.25, 0.3) is 0 Å². The van der Waals surface area contributed by atoms with Gasteiger partial charge in [0.05, 0.1) is 24.9 Å². The largest absolute Gasteiger partial charge is 0.493 e. The Morgan fingerprint density at radius 2 is 2.10 bits per heavy atom. The Labute approximate surface area is 123 Å². The third-order valence-corrected chi connectivity index (χ3v) is 3.68. The molecule has 0 fully saturated rings. The Kier molecular flexibility index (Phi) is 3.58. The molecule has 108 valence electrons. The van der Waals surface area contributed by atoms with Crippen LogP contribution in [0.4, 0.5) is 0 Å². The van der Waals surface area contributed by atoms with E-state index in [9.17, 15) is 0 Å². The zero-order valence-electron chi connectivity index (χ0n) is 12.2. The second-order valence-corrected chi connectivity index (χ2v) is 4.81. The molecule has 1 unspecified atom stereocenters. The topological polar surface area (TPSA) is 66.0 Å². The van der Waals surface area contributed by atoms with E-state index < -0.39 is 0 Å². The van der Waals surface area contributed by atoms with E-state index in [1.807, 2.05) is 41.9 Å². The summed E-state index contributed by atoms with van der Waals surface area (Å²) in [7, 11) is 1.64. The lowest BCUT2D eigenvalue weighted by Gasteiger charge is -2.17. The minimum Gasteiger partial charge on any atom is -0.493 e. The van der Waals surface area contributed by atoms with Crippen LogP contribution in [0, 0.1) is 0 Å². The molecule has 0 aliphatic heterocycles. The van der Waals surface area contributed by atoms with E-state index in [1.165, 1.54) is 0 Å². The van der Waals surface area contributed by atoms with Gasteiger partial charge < -0.3 is 10.5 Å². The van der Waals surface area contributed by atoms with E-state index in [1.54, 1.807) is 19.5 Å². The first kappa shape index (κ1) is 13.6. The van der Waals surface area contributed by atoms with E-state index in [2.05, 4.69) is 10.1 Å². The van der Waals surface area contributed by atoms with Crippen LogP contribution in [0.3, 0.4) is 0 Å². The van der Waals surface area contributed by atoms with Crippen LogP contribution in [-0.4, -0.2) is 21.9 Å². The van der Waals surface area contributed by atoms with E-state index in [0.717, 1.165) is 28.7 Å². The van der Waals surface area contributed by atoms with Crippen molar-refractivity contribution in [2.75, 3.05) is 7.11 Å². The number of benzene rings is 1. The number of para-hydroxylation sites is 1. The van der Waals surface area contributed by atoms with Crippen LogP contribution < -0.4 is 10.5 Å². The SMILES string of the molecule is CCn1ncc(OC)c1C(N)c1ccnc2ccccc12. The summed E-state index contributed by atoms with van der Waals surface area (Å²) in [5, 5.41) is 5.38. The van der Waals surface area contributed by atoms with Crippen LogP contribution in [0.1, 0.15) is 24.2 Å². The summed E-state index contributed by atoms with van der Waals surface area (Å²) in [5.74, 6) is 0.713. The minimum absolute atomic E-state index is 0.310. The third kappa shape index (κ3) is 2.25. The fourth-order valence-electron chi connectivity index (χ4n) is 2.64. The smallest absolute Gasteiger partial charge is 0.161 e. The van der Waals surface area contributed by atoms with Gasteiger partial charge in [-0.05, 0) is 24.6 Å². The second-order valence-electron chi connectivity index (χ2n) is 4.81. The molecule has 0 saturated heterocycles. The highest BCUT2D eigenvalue weighted by atomic mass is 16.5. The first-order valence-electron chi connectivity index (χ1n) is 6.95. The molecule has 21 heavy (non-hydrogen) atoms. The quantitative estimate of drug-likeness (QED) is 0.798. The van der Waals surface area contributed by atoms with Crippen molar-refractivity contribution in [1.29, 1.82) is 0 Å². The molecule has 0 bridgehead atoms. The molecule has 2 aromatic heterocycles. The van der Waals surface area contributed by atoms with Gasteiger partial charge in [-0.15, -0.1) is 0 Å². The van der Waals surface area contributed by atoms with Gasteiger partial charge in [-0.25, -0.2) is 0 Å². The van der Waals surface area contributed by atoms with Crippen molar-refractivity contribution in [1.82, 2.24) is 14.8 Å². The summed E-state index contributed by atoms with van der Waals surface area (Å²) in [6.07, 6.45) is 3.50. The number of aryl methyl sites for hydroxylation is 1. The predicted octanol–water partition coefficient (Wildman–Crippen LogP) is 2.51. The molecular weight excluding hydrogens is 264 g/mol. The van der Waals surface area contributed by atoms with E-state index >= 15 is 0 Å². The Morgan fingerprint density at radius 3 is 2.86 bits per heavy atom. The van der Waals surface area contributed by atoms with E-state index in [4.69, 9.17) is 10.5 Å². The molecule has 0 aliphatic rings. The monoisotopic (exact) mass is 282 g/mol. The summed E-state index contributed by atoms with van der Waals surface area (Å²) in [5.41, 5.74) is 9.36. The first-order chi connectivity index (χ1) is 10.3. The Balaban J connectivity index is 2.17. The third-order valence-electron chi connectivity index (χ3n) is 3.68. The van der Waals surface area contributed by atoms with Crippen LogP contribution in [0.15, 0.2) is 42.7 Å². The van der Waals surface area contributed by atoms with E-state index in [-0.39, 0.29) is 6.04 Å². The fraction of sp³-hybridized carbons (Fsp3) is 0.250. The normalized spacial score (nSPS) is 12.5. The van der Waals surface area contributed by atoms with Gasteiger partial charge in [-0.3, -0.25) is 9.67 Å². The molecule has 2 N–H and O–H groups in total. The van der Waals surface area contributed by atoms with Crippen LogP contribution >= 0.6 is 0 Å². The molecule has 0 spiro atoms. The van der Waals surface area contributed by atoms with Gasteiger partial charge in [0.1, 0.15) is 5.69 Å². The molecule has 0 aliphatic carbocycles. The zero-order valence-corrected chi connectivity index (χ0v) is 12.2. The van der Waals surface area contributed by atoms with Crippen LogP contribution in [0.2, 0.25) is 0 Å². The molecule has 1 aromatic carbocycles. The summed E-state index contributed by atoms with van der Waals surface area (Å²) < 4.78 is 7.28. The number of pyridine rings is 1. The van der Waals surface area contributed by atoms with E-state index in [0.29, 0.717) is 5.75 Å². The molecule has 0 radical (unpaired) electrons. The predicted molar refractivity (Wildman–Crippen MR) is 82.2 cm³/mol. The van der Waals surface area contributed by atoms with Gasteiger partial charge in [0.2, 0.25) is 0 Å². The molecule has 0 amide bonds. The first-order valence-corrected chi connectivity index (χ1v) is 6.95. The van der Waals surface area contributed by atoms with Crippen molar-refractivity contribution in [3.63, 3.8) is 0 Å². The minimum atomic E-state index is -0.310. The summed E-state index contributed by atoms with van der Waals surface area (Å²) >= 11 is 0. The molecule has 3 aromatic rings. The lowest BCUT2D eigenvalue weighted by molar-refractivity contribution is 0.405. The molecule has 2 heterocycles. The number of fused-ring (bicyclic) bond motifs is 1. The lowest BCUT2D eigenvalue weighted by Crippen LogP contribution is -2.18. The van der Waals surface area contributed by atoms with Crippen LogP contribution in [-0.2, 0) is 6.54 Å².